The predicted molar refractivity (Wildman–Crippen MR) is 121 cm³/mol. The van der Waals surface area contributed by atoms with Crippen LogP contribution in [0.5, 0.6) is 0 Å². The molecule has 6 rings (SSSR count). The summed E-state index contributed by atoms with van der Waals surface area (Å²) in [6.07, 6.45) is 0. The lowest BCUT2D eigenvalue weighted by molar-refractivity contribution is 0.669. The van der Waals surface area contributed by atoms with Gasteiger partial charge in [-0.05, 0) is 42.5 Å². The number of benzene rings is 4. The van der Waals surface area contributed by atoms with E-state index < -0.39 is 0 Å². The molecular weight excluding hydrogens is 364 g/mol. The maximum absolute atomic E-state index is 6.23. The van der Waals surface area contributed by atoms with Gasteiger partial charge in [0.05, 0.1) is 10.4 Å². The van der Waals surface area contributed by atoms with Gasteiger partial charge in [-0.1, -0.05) is 36.4 Å². The first-order valence-electron chi connectivity index (χ1n) is 9.15. The number of nitrogens with two attached hydrogens (primary N) is 1. The molecule has 28 heavy (non-hydrogen) atoms. The Bertz CT molecular complexity index is 1510. The molecule has 2 heterocycles. The largest absolute Gasteiger partial charge is 0.456 e. The van der Waals surface area contributed by atoms with Crippen LogP contribution in [0.25, 0.3) is 42.1 Å². The molecule has 0 unspecified atom stereocenters. The van der Waals surface area contributed by atoms with Gasteiger partial charge in [0.2, 0.25) is 0 Å². The molecule has 6 aromatic rings. The lowest BCUT2D eigenvalue weighted by Gasteiger charge is -2.09. The highest BCUT2D eigenvalue weighted by atomic mass is 32.1. The van der Waals surface area contributed by atoms with Crippen LogP contribution < -0.4 is 11.1 Å². The highest BCUT2D eigenvalue weighted by Crippen LogP contribution is 2.41. The van der Waals surface area contributed by atoms with Gasteiger partial charge in [0.15, 0.2) is 0 Å². The van der Waals surface area contributed by atoms with Crippen molar-refractivity contribution >= 4 is 70.5 Å². The molecule has 0 aliphatic heterocycles. The van der Waals surface area contributed by atoms with E-state index >= 15 is 0 Å². The molecular formula is C24H16N2OS. The van der Waals surface area contributed by atoms with E-state index in [0.717, 1.165) is 39.0 Å². The first kappa shape index (κ1) is 15.5. The Hall–Kier alpha value is -3.50. The van der Waals surface area contributed by atoms with Gasteiger partial charge in [-0.3, -0.25) is 0 Å². The lowest BCUT2D eigenvalue weighted by Crippen LogP contribution is -1.93. The molecule has 0 radical (unpaired) electrons. The Kier molecular flexibility index (Phi) is 3.19. The average molecular weight is 380 g/mol. The molecule has 134 valence electrons. The third kappa shape index (κ3) is 2.28. The van der Waals surface area contributed by atoms with Crippen LogP contribution in [0.3, 0.4) is 0 Å². The second-order valence-electron chi connectivity index (χ2n) is 6.98. The smallest absolute Gasteiger partial charge is 0.135 e. The van der Waals surface area contributed by atoms with Gasteiger partial charge in [-0.25, -0.2) is 0 Å². The second-order valence-corrected chi connectivity index (χ2v) is 8.03. The minimum absolute atomic E-state index is 0.758. The van der Waals surface area contributed by atoms with Crippen LogP contribution in [0.1, 0.15) is 0 Å². The second kappa shape index (κ2) is 5.75. The third-order valence-corrected chi connectivity index (χ3v) is 6.38. The molecule has 3 nitrogen and oxygen atoms in total. The van der Waals surface area contributed by atoms with Gasteiger partial charge in [0.25, 0.3) is 0 Å². The number of rotatable bonds is 2. The number of para-hydroxylation sites is 1. The maximum atomic E-state index is 6.23. The van der Waals surface area contributed by atoms with Gasteiger partial charge in [-0.15, -0.1) is 11.3 Å². The highest BCUT2D eigenvalue weighted by Gasteiger charge is 2.12. The van der Waals surface area contributed by atoms with E-state index in [2.05, 4.69) is 47.8 Å². The summed E-state index contributed by atoms with van der Waals surface area (Å²) in [6.45, 7) is 0. The van der Waals surface area contributed by atoms with Crippen molar-refractivity contribution in [1.29, 1.82) is 0 Å². The summed E-state index contributed by atoms with van der Waals surface area (Å²) in [6, 6.07) is 26.9. The lowest BCUT2D eigenvalue weighted by atomic mass is 10.1. The SMILES string of the molecule is Nc1cc(Nc2ccc3oc4ccccc4c3c2)c2sc3ccccc3c2c1. The van der Waals surface area contributed by atoms with Crippen molar-refractivity contribution in [2.24, 2.45) is 0 Å². The van der Waals surface area contributed by atoms with Crippen LogP contribution in [0.4, 0.5) is 17.1 Å². The monoisotopic (exact) mass is 380 g/mol. The molecule has 0 bridgehead atoms. The van der Waals surface area contributed by atoms with Crippen LogP contribution >= 0.6 is 11.3 Å². The van der Waals surface area contributed by atoms with Crippen LogP contribution in [0.15, 0.2) is 83.3 Å². The summed E-state index contributed by atoms with van der Waals surface area (Å²) in [5.74, 6) is 0. The zero-order valence-electron chi connectivity index (χ0n) is 14.9. The molecule has 0 fully saturated rings. The zero-order valence-corrected chi connectivity index (χ0v) is 15.7. The molecule has 2 aromatic heterocycles. The first-order chi connectivity index (χ1) is 13.8. The van der Waals surface area contributed by atoms with Crippen LogP contribution in [-0.4, -0.2) is 0 Å². The molecule has 0 atom stereocenters. The molecule has 3 N–H and O–H groups in total. The zero-order chi connectivity index (χ0) is 18.7. The van der Waals surface area contributed by atoms with E-state index in [-0.39, 0.29) is 0 Å². The summed E-state index contributed by atoms with van der Waals surface area (Å²) in [5, 5.41) is 8.26. The number of nitrogen functional groups attached to an aromatic ring is 1. The third-order valence-electron chi connectivity index (χ3n) is 5.16. The Morgan fingerprint density at radius 1 is 0.714 bits per heavy atom. The molecule has 0 aliphatic rings. The van der Waals surface area contributed by atoms with Gasteiger partial charge < -0.3 is 15.5 Å². The van der Waals surface area contributed by atoms with Gasteiger partial charge in [0.1, 0.15) is 11.2 Å². The summed E-state index contributed by atoms with van der Waals surface area (Å²) < 4.78 is 8.42. The van der Waals surface area contributed by atoms with E-state index in [0.29, 0.717) is 0 Å². The number of nitrogens with one attached hydrogen (secondary N) is 1. The number of hydrogen-bond donors (Lipinski definition) is 2. The number of hydrogen-bond acceptors (Lipinski definition) is 4. The van der Waals surface area contributed by atoms with E-state index in [1.165, 1.54) is 20.2 Å². The fourth-order valence-corrected chi connectivity index (χ4v) is 5.05. The number of anilines is 3. The van der Waals surface area contributed by atoms with Crippen LogP contribution in [0, 0.1) is 0 Å². The minimum Gasteiger partial charge on any atom is -0.456 e. The van der Waals surface area contributed by atoms with E-state index in [4.69, 9.17) is 10.2 Å². The van der Waals surface area contributed by atoms with Crippen LogP contribution in [-0.2, 0) is 0 Å². The number of furan rings is 1. The van der Waals surface area contributed by atoms with Gasteiger partial charge >= 0.3 is 0 Å². The van der Waals surface area contributed by atoms with Crippen molar-refractivity contribution in [1.82, 2.24) is 0 Å². The molecule has 0 amide bonds. The summed E-state index contributed by atoms with van der Waals surface area (Å²) in [5.41, 5.74) is 10.8. The van der Waals surface area contributed by atoms with Gasteiger partial charge in [-0.2, -0.15) is 0 Å². The normalized spacial score (nSPS) is 11.7. The first-order valence-corrected chi connectivity index (χ1v) is 9.97. The van der Waals surface area contributed by atoms with E-state index in [1.54, 1.807) is 11.3 Å². The van der Waals surface area contributed by atoms with Gasteiger partial charge in [0, 0.05) is 37.6 Å². The molecule has 4 aromatic carbocycles. The van der Waals surface area contributed by atoms with Crippen molar-refractivity contribution in [3.63, 3.8) is 0 Å². The summed E-state index contributed by atoms with van der Waals surface area (Å²) in [7, 11) is 0. The molecule has 4 heteroatoms. The Morgan fingerprint density at radius 2 is 1.50 bits per heavy atom. The molecule has 0 aliphatic carbocycles. The van der Waals surface area contributed by atoms with Crippen molar-refractivity contribution in [2.75, 3.05) is 11.1 Å². The summed E-state index contributed by atoms with van der Waals surface area (Å²) >= 11 is 1.79. The average Bonchev–Trinajstić information content (AvgIpc) is 3.26. The van der Waals surface area contributed by atoms with Crippen molar-refractivity contribution in [2.45, 2.75) is 0 Å². The molecule has 0 saturated heterocycles. The fraction of sp³-hybridized carbons (Fsp3) is 0. The topological polar surface area (TPSA) is 51.2 Å². The number of fused-ring (bicyclic) bond motifs is 6. The number of thiophene rings is 1. The minimum atomic E-state index is 0.758. The predicted octanol–water partition coefficient (Wildman–Crippen LogP) is 7.28. The fourth-order valence-electron chi connectivity index (χ4n) is 3.90. The maximum Gasteiger partial charge on any atom is 0.135 e. The van der Waals surface area contributed by atoms with E-state index in [1.807, 2.05) is 36.4 Å². The van der Waals surface area contributed by atoms with Crippen molar-refractivity contribution in [3.8, 4) is 0 Å². The Labute approximate surface area is 165 Å². The molecule has 0 spiro atoms. The van der Waals surface area contributed by atoms with Crippen molar-refractivity contribution < 1.29 is 4.42 Å². The van der Waals surface area contributed by atoms with E-state index in [9.17, 15) is 0 Å². The summed E-state index contributed by atoms with van der Waals surface area (Å²) in [4.78, 5) is 0. The van der Waals surface area contributed by atoms with Crippen LogP contribution in [0.2, 0.25) is 0 Å². The highest BCUT2D eigenvalue weighted by molar-refractivity contribution is 7.26. The van der Waals surface area contributed by atoms with Crippen molar-refractivity contribution in [3.05, 3.63) is 78.9 Å². The standard InChI is InChI=1S/C24H16N2OS/c25-14-11-19-17-6-2-4-8-23(17)28-24(19)20(12-14)26-15-9-10-22-18(13-15)16-5-1-3-7-21(16)27-22/h1-13,26H,25H2. The Balaban J connectivity index is 1.53. The Morgan fingerprint density at radius 3 is 2.43 bits per heavy atom. The molecule has 0 saturated carbocycles. The quantitative estimate of drug-likeness (QED) is 0.310.